The van der Waals surface area contributed by atoms with Crippen LogP contribution in [0.15, 0.2) is 36.4 Å². The molecule has 150 valence electrons. The summed E-state index contributed by atoms with van der Waals surface area (Å²) in [4.78, 5) is 12.7. The summed E-state index contributed by atoms with van der Waals surface area (Å²) in [5, 5.41) is 10.1. The van der Waals surface area contributed by atoms with Crippen LogP contribution in [0.2, 0.25) is 0 Å². The molecular weight excluding hydrogens is 380 g/mol. The van der Waals surface area contributed by atoms with Crippen molar-refractivity contribution in [2.75, 3.05) is 19.5 Å². The third-order valence-electron chi connectivity index (χ3n) is 4.80. The molecule has 0 saturated heterocycles. The van der Waals surface area contributed by atoms with Crippen LogP contribution in [-0.2, 0) is 0 Å². The fourth-order valence-corrected chi connectivity index (χ4v) is 3.21. The highest BCUT2D eigenvalue weighted by molar-refractivity contribution is 6.06. The second-order valence-corrected chi connectivity index (χ2v) is 6.82. The van der Waals surface area contributed by atoms with Gasteiger partial charge in [-0.25, -0.2) is 8.78 Å². The van der Waals surface area contributed by atoms with Crippen LogP contribution in [0.25, 0.3) is 11.3 Å². The average Bonchev–Trinajstić information content (AvgIpc) is 3.47. The van der Waals surface area contributed by atoms with E-state index in [2.05, 4.69) is 15.5 Å². The summed E-state index contributed by atoms with van der Waals surface area (Å²) in [6.45, 7) is 0. The first-order valence-electron chi connectivity index (χ1n) is 9.08. The maximum Gasteiger partial charge on any atom is 0.255 e. The Morgan fingerprint density at radius 1 is 1.07 bits per heavy atom. The average molecular weight is 399 g/mol. The Morgan fingerprint density at radius 2 is 1.76 bits per heavy atom. The van der Waals surface area contributed by atoms with Crippen molar-refractivity contribution < 1.29 is 23.0 Å². The Bertz CT molecular complexity index is 1060. The molecule has 1 saturated carbocycles. The molecule has 1 amide bonds. The Hall–Kier alpha value is -3.42. The van der Waals surface area contributed by atoms with Gasteiger partial charge in [0, 0.05) is 23.1 Å². The van der Waals surface area contributed by atoms with Gasteiger partial charge < -0.3 is 14.8 Å². The number of ether oxygens (including phenoxy) is 2. The van der Waals surface area contributed by atoms with E-state index in [1.54, 1.807) is 25.3 Å². The van der Waals surface area contributed by atoms with E-state index in [-0.39, 0.29) is 11.5 Å². The number of benzene rings is 2. The van der Waals surface area contributed by atoms with Crippen LogP contribution in [0.1, 0.15) is 34.8 Å². The van der Waals surface area contributed by atoms with Crippen LogP contribution in [-0.4, -0.2) is 30.3 Å². The maximum atomic E-state index is 13.5. The molecule has 0 spiro atoms. The van der Waals surface area contributed by atoms with E-state index in [0.717, 1.165) is 36.7 Å². The summed E-state index contributed by atoms with van der Waals surface area (Å²) in [6, 6.07) is 8.00. The van der Waals surface area contributed by atoms with E-state index in [0.29, 0.717) is 28.4 Å². The topological polar surface area (TPSA) is 76.2 Å². The number of anilines is 1. The molecule has 0 bridgehead atoms. The van der Waals surface area contributed by atoms with Crippen LogP contribution in [0.4, 0.5) is 14.5 Å². The summed E-state index contributed by atoms with van der Waals surface area (Å²) in [5.74, 6) is -0.903. The molecule has 1 fully saturated rings. The fourth-order valence-electron chi connectivity index (χ4n) is 3.21. The number of hydrogen-bond acceptors (Lipinski definition) is 4. The minimum absolute atomic E-state index is 0.108. The molecule has 6 nitrogen and oxygen atoms in total. The lowest BCUT2D eigenvalue weighted by Gasteiger charge is -2.11. The van der Waals surface area contributed by atoms with Crippen molar-refractivity contribution in [1.29, 1.82) is 0 Å². The molecule has 1 aromatic heterocycles. The van der Waals surface area contributed by atoms with Crippen molar-refractivity contribution >= 4 is 11.6 Å². The zero-order valence-electron chi connectivity index (χ0n) is 15.9. The number of nitrogens with zero attached hydrogens (tertiary/aromatic N) is 1. The molecule has 0 unspecified atom stereocenters. The quantitative estimate of drug-likeness (QED) is 0.640. The fraction of sp³-hybridized carbons (Fsp3) is 0.238. The highest BCUT2D eigenvalue weighted by Gasteiger charge is 2.31. The van der Waals surface area contributed by atoms with Gasteiger partial charge in [-0.1, -0.05) is 0 Å². The number of carbonyl (C=O) groups is 1. The molecule has 4 rings (SSSR count). The minimum Gasteiger partial charge on any atom is -0.493 e. The van der Waals surface area contributed by atoms with Gasteiger partial charge in [-0.05, 0) is 43.2 Å². The SMILES string of the molecule is COc1ccc(-c2n[nH]c(C3CC3)c2NC(=O)c2cc(F)cc(F)c2)cc1OC. The van der Waals surface area contributed by atoms with Gasteiger partial charge >= 0.3 is 0 Å². The predicted molar refractivity (Wildman–Crippen MR) is 103 cm³/mol. The maximum absolute atomic E-state index is 13.5. The number of H-pyrrole nitrogens is 1. The molecule has 8 heteroatoms. The first kappa shape index (κ1) is 18.9. The van der Waals surface area contributed by atoms with E-state index in [9.17, 15) is 13.6 Å². The van der Waals surface area contributed by atoms with Gasteiger partial charge in [0.25, 0.3) is 5.91 Å². The molecule has 3 aromatic rings. The number of carbonyl (C=O) groups excluding carboxylic acids is 1. The van der Waals surface area contributed by atoms with Gasteiger partial charge in [0.15, 0.2) is 11.5 Å². The first-order valence-corrected chi connectivity index (χ1v) is 9.08. The van der Waals surface area contributed by atoms with Crippen molar-refractivity contribution in [3.63, 3.8) is 0 Å². The van der Waals surface area contributed by atoms with Crippen molar-refractivity contribution in [2.45, 2.75) is 18.8 Å². The number of nitrogens with one attached hydrogen (secondary N) is 2. The number of aromatic amines is 1. The number of aromatic nitrogens is 2. The molecular formula is C21H19F2N3O3. The Kier molecular flexibility index (Phi) is 4.92. The summed E-state index contributed by atoms with van der Waals surface area (Å²) < 4.78 is 37.6. The van der Waals surface area contributed by atoms with E-state index >= 15 is 0 Å². The third-order valence-corrected chi connectivity index (χ3v) is 4.80. The number of rotatable bonds is 6. The third kappa shape index (κ3) is 3.78. The lowest BCUT2D eigenvalue weighted by atomic mass is 10.1. The normalized spacial score (nSPS) is 13.2. The number of hydrogen-bond donors (Lipinski definition) is 2. The predicted octanol–water partition coefficient (Wildman–Crippen LogP) is 4.50. The highest BCUT2D eigenvalue weighted by Crippen LogP contribution is 2.46. The van der Waals surface area contributed by atoms with Gasteiger partial charge in [-0.3, -0.25) is 9.89 Å². The van der Waals surface area contributed by atoms with Crippen LogP contribution >= 0.6 is 0 Å². The Labute approximate surface area is 165 Å². The van der Waals surface area contributed by atoms with Crippen molar-refractivity contribution in [2.24, 2.45) is 0 Å². The minimum atomic E-state index is -0.815. The molecule has 1 heterocycles. The second-order valence-electron chi connectivity index (χ2n) is 6.82. The lowest BCUT2D eigenvalue weighted by molar-refractivity contribution is 0.102. The van der Waals surface area contributed by atoms with Gasteiger partial charge in [0.1, 0.15) is 17.3 Å². The van der Waals surface area contributed by atoms with Gasteiger partial charge in [-0.15, -0.1) is 0 Å². The number of amides is 1. The molecule has 0 atom stereocenters. The van der Waals surface area contributed by atoms with Gasteiger partial charge in [0.05, 0.1) is 25.6 Å². The van der Waals surface area contributed by atoms with Crippen LogP contribution in [0.5, 0.6) is 11.5 Å². The first-order chi connectivity index (χ1) is 14.0. The summed E-state index contributed by atoms with van der Waals surface area (Å²) >= 11 is 0. The molecule has 1 aliphatic carbocycles. The molecule has 2 aromatic carbocycles. The van der Waals surface area contributed by atoms with Crippen LogP contribution < -0.4 is 14.8 Å². The Morgan fingerprint density at radius 3 is 2.38 bits per heavy atom. The highest BCUT2D eigenvalue weighted by atomic mass is 19.1. The van der Waals surface area contributed by atoms with Gasteiger partial charge in [0.2, 0.25) is 0 Å². The van der Waals surface area contributed by atoms with Gasteiger partial charge in [-0.2, -0.15) is 5.10 Å². The molecule has 1 aliphatic rings. The lowest BCUT2D eigenvalue weighted by Crippen LogP contribution is -2.14. The molecule has 2 N–H and O–H groups in total. The number of halogens is 2. The van der Waals surface area contributed by atoms with Crippen molar-refractivity contribution in [3.8, 4) is 22.8 Å². The van der Waals surface area contributed by atoms with E-state index in [1.807, 2.05) is 0 Å². The van der Waals surface area contributed by atoms with E-state index in [1.165, 1.54) is 7.11 Å². The van der Waals surface area contributed by atoms with Crippen molar-refractivity contribution in [3.05, 3.63) is 59.3 Å². The molecule has 0 aliphatic heterocycles. The largest absolute Gasteiger partial charge is 0.493 e. The number of methoxy groups -OCH3 is 2. The van der Waals surface area contributed by atoms with Crippen molar-refractivity contribution in [1.82, 2.24) is 10.2 Å². The summed E-state index contributed by atoms with van der Waals surface area (Å²) in [5.41, 5.74) is 2.39. The second kappa shape index (κ2) is 7.54. The Balaban J connectivity index is 1.73. The monoisotopic (exact) mass is 399 g/mol. The summed E-state index contributed by atoms with van der Waals surface area (Å²) in [6.07, 6.45) is 1.95. The zero-order valence-corrected chi connectivity index (χ0v) is 15.9. The molecule has 0 radical (unpaired) electrons. The smallest absolute Gasteiger partial charge is 0.255 e. The molecule has 29 heavy (non-hydrogen) atoms. The van der Waals surface area contributed by atoms with E-state index < -0.39 is 17.5 Å². The standard InChI is InChI=1S/C21H19F2N3O3/c1-28-16-6-5-12(9-17(16)29-2)19-20(18(25-26-19)11-3-4-11)24-21(27)13-7-14(22)10-15(23)8-13/h5-11H,3-4H2,1-2H3,(H,24,27)(H,25,26). The zero-order chi connectivity index (χ0) is 20.5. The van der Waals surface area contributed by atoms with E-state index in [4.69, 9.17) is 9.47 Å². The summed E-state index contributed by atoms with van der Waals surface area (Å²) in [7, 11) is 3.07. The van der Waals surface area contributed by atoms with Crippen LogP contribution in [0, 0.1) is 11.6 Å². The van der Waals surface area contributed by atoms with Crippen LogP contribution in [0.3, 0.4) is 0 Å².